The lowest BCUT2D eigenvalue weighted by Crippen LogP contribution is -2.28. The van der Waals surface area contributed by atoms with Gasteiger partial charge in [0.05, 0.1) is 0 Å². The van der Waals surface area contributed by atoms with Crippen LogP contribution in [0.15, 0.2) is 0 Å². The molecule has 0 saturated carbocycles. The fourth-order valence-corrected chi connectivity index (χ4v) is 4.61. The van der Waals surface area contributed by atoms with Crippen LogP contribution in [0.5, 0.6) is 0 Å². The summed E-state index contributed by atoms with van der Waals surface area (Å²) >= 11 is 0. The van der Waals surface area contributed by atoms with Crippen molar-refractivity contribution in [3.05, 3.63) is 0 Å². The van der Waals surface area contributed by atoms with Gasteiger partial charge in [-0.2, -0.15) is 0 Å². The van der Waals surface area contributed by atoms with Crippen molar-refractivity contribution < 1.29 is 24.3 Å². The van der Waals surface area contributed by atoms with Crippen LogP contribution in [0.3, 0.4) is 0 Å². The van der Waals surface area contributed by atoms with Crippen molar-refractivity contribution in [1.29, 1.82) is 0 Å². The maximum Gasteiger partial charge on any atom is 0.303 e. The van der Waals surface area contributed by atoms with Gasteiger partial charge in [-0.25, -0.2) is 0 Å². The summed E-state index contributed by atoms with van der Waals surface area (Å²) in [6, 6.07) is 0. The zero-order valence-electron chi connectivity index (χ0n) is 25.0. The molecule has 0 fully saturated rings. The number of hydrogen-bond acceptors (Lipinski definition) is 4. The van der Waals surface area contributed by atoms with Crippen LogP contribution in [0.25, 0.3) is 0 Å². The van der Waals surface area contributed by atoms with E-state index < -0.39 is 5.97 Å². The molecule has 0 aromatic carbocycles. The first-order chi connectivity index (χ1) is 18.9. The Kier molecular flexibility index (Phi) is 27.3. The molecule has 0 unspecified atom stereocenters. The molecule has 0 atom stereocenters. The maximum atomic E-state index is 12.0. The summed E-state index contributed by atoms with van der Waals surface area (Å²) in [7, 11) is 0. The quantitative estimate of drug-likeness (QED) is 0.0797. The van der Waals surface area contributed by atoms with E-state index in [4.69, 9.17) is 5.11 Å². The minimum atomic E-state index is -0.678. The van der Waals surface area contributed by atoms with Crippen molar-refractivity contribution in [3.63, 3.8) is 0 Å². The summed E-state index contributed by atoms with van der Waals surface area (Å²) in [5.74, 6) is -0.563. The van der Waals surface area contributed by atoms with Crippen molar-refractivity contribution in [2.45, 2.75) is 155 Å². The number of amides is 3. The van der Waals surface area contributed by atoms with Gasteiger partial charge in [0.25, 0.3) is 0 Å². The van der Waals surface area contributed by atoms with Crippen LogP contribution in [0.2, 0.25) is 0 Å². The molecule has 8 heteroatoms. The monoisotopic (exact) mass is 553 g/mol. The van der Waals surface area contributed by atoms with Crippen LogP contribution in [-0.4, -0.2) is 48.4 Å². The standard InChI is InChI=1S/C31H59N3O5/c1-28(35)32-25-19-16-20-26-33-30(37)23-21-27-34-29(36)22-17-14-12-10-8-6-4-2-3-5-7-9-11-13-15-18-24-31(38)39/h2-27H2,1H3,(H,32,35)(H,33,37)(H,34,36)(H,38,39). The Morgan fingerprint density at radius 3 is 1.13 bits per heavy atom. The molecule has 0 aromatic rings. The van der Waals surface area contributed by atoms with Gasteiger partial charge in [0, 0.05) is 45.8 Å². The Morgan fingerprint density at radius 2 is 0.718 bits per heavy atom. The Hall–Kier alpha value is -2.12. The maximum absolute atomic E-state index is 12.0. The molecule has 8 nitrogen and oxygen atoms in total. The van der Waals surface area contributed by atoms with Crippen LogP contribution in [0.1, 0.15) is 155 Å². The zero-order valence-corrected chi connectivity index (χ0v) is 25.0. The van der Waals surface area contributed by atoms with Gasteiger partial charge in [-0.15, -0.1) is 0 Å². The van der Waals surface area contributed by atoms with E-state index in [1.54, 1.807) is 0 Å². The number of aliphatic carboxylic acids is 1. The highest BCUT2D eigenvalue weighted by atomic mass is 16.4. The van der Waals surface area contributed by atoms with E-state index in [9.17, 15) is 19.2 Å². The van der Waals surface area contributed by atoms with E-state index in [2.05, 4.69) is 16.0 Å². The minimum Gasteiger partial charge on any atom is -0.481 e. The van der Waals surface area contributed by atoms with E-state index in [-0.39, 0.29) is 17.7 Å². The smallest absolute Gasteiger partial charge is 0.303 e. The van der Waals surface area contributed by atoms with Crippen LogP contribution in [0, 0.1) is 0 Å². The number of rotatable bonds is 29. The van der Waals surface area contributed by atoms with E-state index in [0.29, 0.717) is 45.3 Å². The molecule has 0 aliphatic carbocycles. The molecule has 0 aliphatic heterocycles. The molecule has 228 valence electrons. The molecule has 0 rings (SSSR count). The fourth-order valence-electron chi connectivity index (χ4n) is 4.61. The largest absolute Gasteiger partial charge is 0.481 e. The average molecular weight is 554 g/mol. The molecule has 0 heterocycles. The Bertz CT molecular complexity index is 627. The lowest BCUT2D eigenvalue weighted by atomic mass is 10.0. The molecule has 0 radical (unpaired) electrons. The van der Waals surface area contributed by atoms with Gasteiger partial charge in [-0.3, -0.25) is 19.2 Å². The first-order valence-electron chi connectivity index (χ1n) is 15.9. The highest BCUT2D eigenvalue weighted by Crippen LogP contribution is 2.14. The summed E-state index contributed by atoms with van der Waals surface area (Å²) in [4.78, 5) is 45.0. The lowest BCUT2D eigenvalue weighted by molar-refractivity contribution is -0.137. The van der Waals surface area contributed by atoms with Crippen LogP contribution in [-0.2, 0) is 19.2 Å². The van der Waals surface area contributed by atoms with Gasteiger partial charge in [-0.1, -0.05) is 89.9 Å². The van der Waals surface area contributed by atoms with E-state index >= 15 is 0 Å². The molecule has 0 aromatic heterocycles. The fraction of sp³-hybridized carbons (Fsp3) is 0.871. The van der Waals surface area contributed by atoms with Crippen molar-refractivity contribution in [1.82, 2.24) is 16.0 Å². The zero-order chi connectivity index (χ0) is 28.8. The predicted molar refractivity (Wildman–Crippen MR) is 159 cm³/mol. The first kappa shape index (κ1) is 36.9. The number of carbonyl (C=O) groups excluding carboxylic acids is 3. The van der Waals surface area contributed by atoms with Gasteiger partial charge in [0.2, 0.25) is 17.7 Å². The highest BCUT2D eigenvalue weighted by molar-refractivity contribution is 5.77. The summed E-state index contributed by atoms with van der Waals surface area (Å²) in [5, 5.41) is 17.2. The summed E-state index contributed by atoms with van der Waals surface area (Å²) in [6.07, 6.45) is 24.1. The third-order valence-electron chi connectivity index (χ3n) is 7.00. The minimum absolute atomic E-state index is 0.00749. The normalized spacial score (nSPS) is 10.8. The molecular weight excluding hydrogens is 494 g/mol. The van der Waals surface area contributed by atoms with Crippen LogP contribution in [0.4, 0.5) is 0 Å². The molecule has 0 saturated heterocycles. The number of carboxylic acids is 1. The summed E-state index contributed by atoms with van der Waals surface area (Å²) < 4.78 is 0. The highest BCUT2D eigenvalue weighted by Gasteiger charge is 2.04. The topological polar surface area (TPSA) is 125 Å². The van der Waals surface area contributed by atoms with Crippen molar-refractivity contribution in [2.75, 3.05) is 19.6 Å². The Morgan fingerprint density at radius 1 is 0.410 bits per heavy atom. The average Bonchev–Trinajstić information content (AvgIpc) is 2.89. The van der Waals surface area contributed by atoms with Crippen molar-refractivity contribution in [3.8, 4) is 0 Å². The second-order valence-corrected chi connectivity index (χ2v) is 10.9. The molecule has 0 bridgehead atoms. The molecule has 0 spiro atoms. The second kappa shape index (κ2) is 28.9. The summed E-state index contributed by atoms with van der Waals surface area (Å²) in [6.45, 7) is 3.41. The van der Waals surface area contributed by atoms with Crippen LogP contribution < -0.4 is 16.0 Å². The van der Waals surface area contributed by atoms with Gasteiger partial charge in [-0.05, 0) is 38.5 Å². The lowest BCUT2D eigenvalue weighted by Gasteiger charge is -2.07. The van der Waals surface area contributed by atoms with Gasteiger partial charge < -0.3 is 21.1 Å². The second-order valence-electron chi connectivity index (χ2n) is 10.9. The number of hydrogen-bond donors (Lipinski definition) is 4. The SMILES string of the molecule is CC(=O)NCCCCCNC(=O)CCCNC(=O)CCCCCCCCCCCCCCCCCCC(=O)O. The molecule has 4 N–H and O–H groups in total. The number of carbonyl (C=O) groups is 4. The molecule has 39 heavy (non-hydrogen) atoms. The molecule has 0 aliphatic rings. The molecular formula is C31H59N3O5. The molecule has 3 amide bonds. The third-order valence-corrected chi connectivity index (χ3v) is 7.00. The number of carboxylic acid groups (broad SMARTS) is 1. The van der Waals surface area contributed by atoms with Gasteiger partial charge in [0.1, 0.15) is 0 Å². The van der Waals surface area contributed by atoms with E-state index in [1.807, 2.05) is 0 Å². The van der Waals surface area contributed by atoms with Crippen LogP contribution >= 0.6 is 0 Å². The first-order valence-corrected chi connectivity index (χ1v) is 15.9. The Balaban J connectivity index is 3.26. The predicted octanol–water partition coefficient (Wildman–Crippen LogP) is 6.41. The summed E-state index contributed by atoms with van der Waals surface area (Å²) in [5.41, 5.74) is 0. The number of nitrogens with one attached hydrogen (secondary N) is 3. The third kappa shape index (κ3) is 32.0. The van der Waals surface area contributed by atoms with E-state index in [1.165, 1.54) is 84.0 Å². The number of unbranched alkanes of at least 4 members (excludes halogenated alkanes) is 17. The van der Waals surface area contributed by atoms with Gasteiger partial charge in [0.15, 0.2) is 0 Å². The van der Waals surface area contributed by atoms with Gasteiger partial charge >= 0.3 is 5.97 Å². The Labute approximate surface area is 238 Å². The van der Waals surface area contributed by atoms with Crippen molar-refractivity contribution >= 4 is 23.7 Å². The van der Waals surface area contributed by atoms with Crippen molar-refractivity contribution in [2.24, 2.45) is 0 Å². The van der Waals surface area contributed by atoms with E-state index in [0.717, 1.165) is 44.9 Å².